The van der Waals surface area contributed by atoms with Gasteiger partial charge in [-0.1, -0.05) is 54.5 Å². The van der Waals surface area contributed by atoms with E-state index in [4.69, 9.17) is 4.74 Å². The van der Waals surface area contributed by atoms with Gasteiger partial charge in [0, 0.05) is 19.5 Å². The molecule has 3 heterocycles. The number of benzene rings is 2. The highest BCUT2D eigenvalue weighted by Crippen LogP contribution is 2.38. The van der Waals surface area contributed by atoms with Crippen LogP contribution in [0.2, 0.25) is 0 Å². The Kier molecular flexibility index (Phi) is 6.69. The highest BCUT2D eigenvalue weighted by Gasteiger charge is 2.55. The van der Waals surface area contributed by atoms with E-state index in [1.54, 1.807) is 6.92 Å². The van der Waals surface area contributed by atoms with Gasteiger partial charge < -0.3 is 15.0 Å². The lowest BCUT2D eigenvalue weighted by Gasteiger charge is -2.41. The Labute approximate surface area is 211 Å². The number of aryl methyl sites for hydroxylation is 1. The van der Waals surface area contributed by atoms with E-state index in [2.05, 4.69) is 17.2 Å². The number of para-hydroxylation sites is 1. The van der Waals surface area contributed by atoms with Gasteiger partial charge >= 0.3 is 6.03 Å². The zero-order valence-electron chi connectivity index (χ0n) is 20.5. The van der Waals surface area contributed by atoms with Crippen molar-refractivity contribution in [3.63, 3.8) is 0 Å². The fourth-order valence-corrected chi connectivity index (χ4v) is 5.70. The predicted octanol–water partition coefficient (Wildman–Crippen LogP) is 3.18. The smallest absolute Gasteiger partial charge is 0.325 e. The van der Waals surface area contributed by atoms with Crippen LogP contribution in [0.15, 0.2) is 54.6 Å². The van der Waals surface area contributed by atoms with Crippen molar-refractivity contribution < 1.29 is 19.1 Å². The summed E-state index contributed by atoms with van der Waals surface area (Å²) >= 11 is 0. The molecule has 3 aliphatic rings. The number of nitrogens with one attached hydrogen (secondary N) is 1. The normalized spacial score (nSPS) is 23.5. The molecule has 2 fully saturated rings. The Morgan fingerprint density at radius 2 is 1.81 bits per heavy atom. The first-order valence-corrected chi connectivity index (χ1v) is 12.6. The number of nitrogens with zero attached hydrogens (tertiary/aromatic N) is 2. The minimum absolute atomic E-state index is 0.00961. The number of carbonyl (C=O) groups is 3. The first-order valence-electron chi connectivity index (χ1n) is 12.6. The first-order chi connectivity index (χ1) is 17.5. The van der Waals surface area contributed by atoms with Crippen molar-refractivity contribution in [3.8, 4) is 17.6 Å². The van der Waals surface area contributed by atoms with Gasteiger partial charge in [0.1, 0.15) is 11.3 Å². The minimum atomic E-state index is -0.989. The predicted molar refractivity (Wildman–Crippen MR) is 135 cm³/mol. The third-order valence-electron chi connectivity index (χ3n) is 7.69. The van der Waals surface area contributed by atoms with Crippen LogP contribution in [-0.2, 0) is 22.4 Å². The molecule has 2 atom stereocenters. The Morgan fingerprint density at radius 1 is 1.08 bits per heavy atom. The number of rotatable bonds is 6. The molecule has 2 aromatic rings. The second kappa shape index (κ2) is 10.1. The first kappa shape index (κ1) is 23.9. The van der Waals surface area contributed by atoms with Gasteiger partial charge in [-0.2, -0.15) is 0 Å². The van der Waals surface area contributed by atoms with Crippen LogP contribution < -0.4 is 10.1 Å². The number of imide groups is 1. The summed E-state index contributed by atoms with van der Waals surface area (Å²) in [5.41, 5.74) is 1.19. The summed E-state index contributed by atoms with van der Waals surface area (Å²) in [4.78, 5) is 42.8. The summed E-state index contributed by atoms with van der Waals surface area (Å²) < 4.78 is 5.92. The highest BCUT2D eigenvalue weighted by molar-refractivity contribution is 6.07. The second-order valence-electron chi connectivity index (χ2n) is 9.72. The quantitative estimate of drug-likeness (QED) is 0.504. The SMILES string of the molecule is CC#CCN1C(=O)N[C@@](CCc2ccccc2)(C2CCN(C(=O)[C@H]3Cc4ccccc4O3)CC2)C1=O. The molecule has 0 saturated carbocycles. The lowest BCUT2D eigenvalue weighted by molar-refractivity contribution is -0.140. The van der Waals surface area contributed by atoms with Crippen molar-refractivity contribution in [3.05, 3.63) is 65.7 Å². The summed E-state index contributed by atoms with van der Waals surface area (Å²) in [5, 5.41) is 3.07. The van der Waals surface area contributed by atoms with Crippen LogP contribution in [0, 0.1) is 17.8 Å². The van der Waals surface area contributed by atoms with Gasteiger partial charge in [0.15, 0.2) is 6.10 Å². The van der Waals surface area contributed by atoms with Crippen LogP contribution in [0.25, 0.3) is 0 Å². The van der Waals surface area contributed by atoms with E-state index >= 15 is 0 Å². The maximum Gasteiger partial charge on any atom is 0.325 e. The highest BCUT2D eigenvalue weighted by atomic mass is 16.5. The summed E-state index contributed by atoms with van der Waals surface area (Å²) in [7, 11) is 0. The lowest BCUT2D eigenvalue weighted by Crippen LogP contribution is -2.57. The fourth-order valence-electron chi connectivity index (χ4n) is 5.70. The van der Waals surface area contributed by atoms with E-state index in [-0.39, 0.29) is 30.3 Å². The van der Waals surface area contributed by atoms with Gasteiger partial charge in [-0.3, -0.25) is 14.5 Å². The second-order valence-corrected chi connectivity index (χ2v) is 9.72. The Bertz CT molecular complexity index is 1180. The topological polar surface area (TPSA) is 79.0 Å². The van der Waals surface area contributed by atoms with Crippen LogP contribution in [0.4, 0.5) is 4.79 Å². The number of amides is 4. The summed E-state index contributed by atoms with van der Waals surface area (Å²) in [6.07, 6.45) is 2.55. The molecule has 0 bridgehead atoms. The molecule has 0 radical (unpaired) electrons. The maximum absolute atomic E-state index is 13.7. The number of carbonyl (C=O) groups excluding carboxylic acids is 3. The van der Waals surface area contributed by atoms with Gasteiger partial charge in [-0.25, -0.2) is 4.79 Å². The molecule has 7 heteroatoms. The standard InChI is InChI=1S/C29H31N3O4/c1-2-3-17-32-27(34)29(30-28(32)35,16-13-21-9-5-4-6-10-21)23-14-18-31(19-15-23)26(33)25-20-22-11-7-8-12-24(22)36-25/h4-12,23,25H,13-20H2,1H3,(H,30,35)/t25-,29+/m1/s1. The van der Waals surface area contributed by atoms with Crippen molar-refractivity contribution in [1.29, 1.82) is 0 Å². The third-order valence-corrected chi connectivity index (χ3v) is 7.69. The van der Waals surface area contributed by atoms with E-state index in [0.29, 0.717) is 45.2 Å². The number of hydrogen-bond acceptors (Lipinski definition) is 4. The van der Waals surface area contributed by atoms with Gasteiger partial charge in [-0.15, -0.1) is 5.92 Å². The number of urea groups is 1. The van der Waals surface area contributed by atoms with E-state index in [0.717, 1.165) is 16.9 Å². The Morgan fingerprint density at radius 3 is 2.53 bits per heavy atom. The van der Waals surface area contributed by atoms with E-state index in [1.807, 2.05) is 59.5 Å². The Hall–Kier alpha value is -3.79. The summed E-state index contributed by atoms with van der Waals surface area (Å²) in [5.74, 6) is 6.12. The maximum atomic E-state index is 13.7. The van der Waals surface area contributed by atoms with Crippen molar-refractivity contribution >= 4 is 17.8 Å². The molecule has 0 spiro atoms. The van der Waals surface area contributed by atoms with Crippen LogP contribution in [0.3, 0.4) is 0 Å². The molecule has 1 N–H and O–H groups in total. The lowest BCUT2D eigenvalue weighted by atomic mass is 9.74. The molecule has 7 nitrogen and oxygen atoms in total. The van der Waals surface area contributed by atoms with Crippen molar-refractivity contribution in [2.45, 2.75) is 50.7 Å². The average Bonchev–Trinajstić information content (AvgIpc) is 3.45. The van der Waals surface area contributed by atoms with E-state index in [1.165, 1.54) is 4.90 Å². The zero-order valence-corrected chi connectivity index (χ0v) is 20.5. The van der Waals surface area contributed by atoms with Gasteiger partial charge in [0.2, 0.25) is 0 Å². The minimum Gasteiger partial charge on any atom is -0.480 e. The summed E-state index contributed by atoms with van der Waals surface area (Å²) in [6.45, 7) is 2.85. The van der Waals surface area contributed by atoms with Gasteiger partial charge in [0.25, 0.3) is 11.8 Å². The van der Waals surface area contributed by atoms with Crippen molar-refractivity contribution in [2.75, 3.05) is 19.6 Å². The van der Waals surface area contributed by atoms with Crippen LogP contribution in [-0.4, -0.2) is 58.9 Å². The third kappa shape index (κ3) is 4.44. The average molecular weight is 486 g/mol. The van der Waals surface area contributed by atoms with Crippen LogP contribution in [0.1, 0.15) is 37.3 Å². The molecule has 5 rings (SSSR count). The number of hydrogen-bond donors (Lipinski definition) is 1. The molecule has 36 heavy (non-hydrogen) atoms. The monoisotopic (exact) mass is 485 g/mol. The zero-order chi connectivity index (χ0) is 25.1. The molecular formula is C29H31N3O4. The molecule has 2 aromatic carbocycles. The molecular weight excluding hydrogens is 454 g/mol. The molecule has 0 unspecified atom stereocenters. The van der Waals surface area contributed by atoms with Crippen LogP contribution >= 0.6 is 0 Å². The number of likely N-dealkylation sites (tertiary alicyclic amines) is 1. The summed E-state index contributed by atoms with van der Waals surface area (Å²) in [6, 6.07) is 17.4. The number of ether oxygens (including phenoxy) is 1. The fraction of sp³-hybridized carbons (Fsp3) is 0.414. The molecule has 186 valence electrons. The molecule has 0 aliphatic carbocycles. The van der Waals surface area contributed by atoms with Crippen molar-refractivity contribution in [1.82, 2.24) is 15.1 Å². The largest absolute Gasteiger partial charge is 0.480 e. The van der Waals surface area contributed by atoms with Gasteiger partial charge in [-0.05, 0) is 55.7 Å². The Balaban J connectivity index is 1.29. The van der Waals surface area contributed by atoms with Gasteiger partial charge in [0.05, 0.1) is 6.54 Å². The molecule has 0 aromatic heterocycles. The van der Waals surface area contributed by atoms with Crippen LogP contribution in [0.5, 0.6) is 5.75 Å². The molecule has 2 saturated heterocycles. The van der Waals surface area contributed by atoms with E-state index in [9.17, 15) is 14.4 Å². The number of piperidine rings is 1. The van der Waals surface area contributed by atoms with E-state index < -0.39 is 11.6 Å². The number of fused-ring (bicyclic) bond motifs is 1. The van der Waals surface area contributed by atoms with Crippen molar-refractivity contribution in [2.24, 2.45) is 5.92 Å². The molecule has 3 aliphatic heterocycles. The molecule has 4 amide bonds.